The molecule has 0 spiro atoms. The molecule has 0 aromatic heterocycles. The minimum Gasteiger partial charge on any atom is -0.495 e. The van der Waals surface area contributed by atoms with Crippen LogP contribution in [-0.4, -0.2) is 44.1 Å². The first-order chi connectivity index (χ1) is 10.1. The summed E-state index contributed by atoms with van der Waals surface area (Å²) in [5, 5.41) is 3.84. The molecule has 1 fully saturated rings. The third kappa shape index (κ3) is 6.26. The predicted molar refractivity (Wildman–Crippen MR) is 99.3 cm³/mol. The van der Waals surface area contributed by atoms with Crippen molar-refractivity contribution >= 4 is 48.0 Å². The van der Waals surface area contributed by atoms with E-state index in [4.69, 9.17) is 22.1 Å². The van der Waals surface area contributed by atoms with E-state index in [1.807, 2.05) is 4.90 Å². The quantitative estimate of drug-likeness (QED) is 0.791. The maximum absolute atomic E-state index is 12.1. The molecular formula is C15H24Cl3N3O2. The minimum atomic E-state index is 0. The molecule has 5 nitrogen and oxygen atoms in total. The lowest BCUT2D eigenvalue weighted by Crippen LogP contribution is -2.31. The van der Waals surface area contributed by atoms with Gasteiger partial charge in [0, 0.05) is 31.1 Å². The first-order valence-electron chi connectivity index (χ1n) is 7.19. The topological polar surface area (TPSA) is 67.6 Å². The van der Waals surface area contributed by atoms with E-state index in [0.29, 0.717) is 30.5 Å². The highest BCUT2D eigenvalue weighted by Crippen LogP contribution is 2.27. The second-order valence-electron chi connectivity index (χ2n) is 5.25. The van der Waals surface area contributed by atoms with Crippen LogP contribution in [0.3, 0.4) is 0 Å². The molecule has 0 bridgehead atoms. The lowest BCUT2D eigenvalue weighted by atomic mass is 10.1. The number of halogens is 3. The molecular weight excluding hydrogens is 361 g/mol. The van der Waals surface area contributed by atoms with E-state index in [1.165, 1.54) is 0 Å². The number of carbonyl (C=O) groups is 1. The first-order valence-corrected chi connectivity index (χ1v) is 7.57. The maximum Gasteiger partial charge on any atom is 0.224 e. The van der Waals surface area contributed by atoms with E-state index in [9.17, 15) is 4.79 Å². The number of anilines is 1. The molecule has 1 aliphatic heterocycles. The molecule has 2 rings (SSSR count). The number of hydrogen-bond donors (Lipinski definition) is 2. The number of nitrogens with two attached hydrogens (primary N) is 1. The fourth-order valence-corrected chi connectivity index (χ4v) is 2.70. The molecule has 1 unspecified atom stereocenters. The Morgan fingerprint density at radius 2 is 2.22 bits per heavy atom. The van der Waals surface area contributed by atoms with Crippen LogP contribution in [0.1, 0.15) is 12.8 Å². The van der Waals surface area contributed by atoms with Crippen molar-refractivity contribution in [1.29, 1.82) is 0 Å². The van der Waals surface area contributed by atoms with Crippen molar-refractivity contribution in [2.75, 3.05) is 38.6 Å². The first kappa shape index (κ1) is 22.1. The Hall–Kier alpha value is -0.880. The third-order valence-electron chi connectivity index (χ3n) is 3.79. The second kappa shape index (κ2) is 10.8. The van der Waals surface area contributed by atoms with Gasteiger partial charge in [0.25, 0.3) is 0 Å². The van der Waals surface area contributed by atoms with Gasteiger partial charge in [-0.25, -0.2) is 0 Å². The monoisotopic (exact) mass is 383 g/mol. The average Bonchev–Trinajstić information content (AvgIpc) is 2.96. The zero-order valence-electron chi connectivity index (χ0n) is 13.1. The number of benzene rings is 1. The van der Waals surface area contributed by atoms with E-state index < -0.39 is 0 Å². The van der Waals surface area contributed by atoms with E-state index in [1.54, 1.807) is 25.3 Å². The van der Waals surface area contributed by atoms with Crippen molar-refractivity contribution in [2.24, 2.45) is 11.7 Å². The van der Waals surface area contributed by atoms with Crippen LogP contribution in [-0.2, 0) is 4.79 Å². The van der Waals surface area contributed by atoms with Crippen molar-refractivity contribution in [3.05, 3.63) is 23.2 Å². The number of nitrogens with zero attached hydrogens (tertiary/aromatic N) is 1. The van der Waals surface area contributed by atoms with Crippen LogP contribution in [0.15, 0.2) is 18.2 Å². The van der Waals surface area contributed by atoms with Crippen LogP contribution < -0.4 is 15.8 Å². The number of amides is 1. The van der Waals surface area contributed by atoms with Gasteiger partial charge in [0.2, 0.25) is 5.91 Å². The molecule has 3 N–H and O–H groups in total. The van der Waals surface area contributed by atoms with Crippen LogP contribution in [0.4, 0.5) is 5.69 Å². The summed E-state index contributed by atoms with van der Waals surface area (Å²) in [5.74, 6) is 1.34. The van der Waals surface area contributed by atoms with Crippen LogP contribution in [0.5, 0.6) is 5.75 Å². The Labute approximate surface area is 154 Å². The van der Waals surface area contributed by atoms with Crippen molar-refractivity contribution in [3.63, 3.8) is 0 Å². The summed E-state index contributed by atoms with van der Waals surface area (Å²) < 4.78 is 5.26. The highest BCUT2D eigenvalue weighted by atomic mass is 35.5. The third-order valence-corrected chi connectivity index (χ3v) is 4.02. The summed E-state index contributed by atoms with van der Waals surface area (Å²) in [4.78, 5) is 14.0. The van der Waals surface area contributed by atoms with Gasteiger partial charge in [-0.2, -0.15) is 0 Å². The molecule has 23 heavy (non-hydrogen) atoms. The number of carbonyl (C=O) groups excluding carboxylic acids is 1. The van der Waals surface area contributed by atoms with E-state index in [-0.39, 0.29) is 30.7 Å². The molecule has 8 heteroatoms. The number of hydrogen-bond acceptors (Lipinski definition) is 4. The average molecular weight is 385 g/mol. The normalized spacial score (nSPS) is 16.3. The smallest absolute Gasteiger partial charge is 0.224 e. The zero-order chi connectivity index (χ0) is 15.2. The van der Waals surface area contributed by atoms with Crippen molar-refractivity contribution in [3.8, 4) is 5.75 Å². The minimum absolute atomic E-state index is 0. The Morgan fingerprint density at radius 3 is 2.83 bits per heavy atom. The number of likely N-dealkylation sites (tertiary alicyclic amines) is 1. The van der Waals surface area contributed by atoms with Gasteiger partial charge in [-0.3, -0.25) is 4.79 Å². The predicted octanol–water partition coefficient (Wildman–Crippen LogP) is 2.80. The van der Waals surface area contributed by atoms with E-state index >= 15 is 0 Å². The van der Waals surface area contributed by atoms with Crippen LogP contribution in [0.2, 0.25) is 5.02 Å². The molecule has 1 amide bonds. The molecule has 1 atom stereocenters. The van der Waals surface area contributed by atoms with Crippen LogP contribution >= 0.6 is 36.4 Å². The van der Waals surface area contributed by atoms with E-state index in [0.717, 1.165) is 30.9 Å². The Morgan fingerprint density at radius 1 is 1.48 bits per heavy atom. The number of rotatable bonds is 6. The highest BCUT2D eigenvalue weighted by Gasteiger charge is 2.24. The van der Waals surface area contributed by atoms with Crippen molar-refractivity contribution in [2.45, 2.75) is 12.8 Å². The fourth-order valence-electron chi connectivity index (χ4n) is 2.53. The molecule has 1 aliphatic rings. The lowest BCUT2D eigenvalue weighted by Gasteiger charge is -2.17. The molecule has 1 saturated heterocycles. The number of methoxy groups -OCH3 is 1. The standard InChI is InChI=1S/C15H22ClN3O2.2ClH/c1-21-14-3-2-12(16)8-13(14)18-6-4-15(20)19-7-5-11(9-17)10-19;;/h2-3,8,11,18H,4-7,9-10,17H2,1H3;2*1H. The second-order valence-corrected chi connectivity index (χ2v) is 5.69. The zero-order valence-corrected chi connectivity index (χ0v) is 15.5. The number of nitrogens with one attached hydrogen (secondary N) is 1. The van der Waals surface area contributed by atoms with Gasteiger partial charge >= 0.3 is 0 Å². The summed E-state index contributed by atoms with van der Waals surface area (Å²) >= 11 is 5.97. The van der Waals surface area contributed by atoms with E-state index in [2.05, 4.69) is 5.32 Å². The molecule has 0 radical (unpaired) electrons. The molecule has 1 aromatic carbocycles. The van der Waals surface area contributed by atoms with Gasteiger partial charge in [0.05, 0.1) is 12.8 Å². The lowest BCUT2D eigenvalue weighted by molar-refractivity contribution is -0.129. The Balaban J connectivity index is 0.00000242. The van der Waals surface area contributed by atoms with Gasteiger partial charge in [0.15, 0.2) is 0 Å². The molecule has 1 aromatic rings. The molecule has 0 saturated carbocycles. The summed E-state index contributed by atoms with van der Waals surface area (Å²) in [6.45, 7) is 2.82. The Kier molecular flexibility index (Phi) is 10.4. The van der Waals surface area contributed by atoms with Crippen LogP contribution in [0.25, 0.3) is 0 Å². The fraction of sp³-hybridized carbons (Fsp3) is 0.533. The van der Waals surface area contributed by atoms with Crippen LogP contribution in [0, 0.1) is 5.92 Å². The SMILES string of the molecule is COc1ccc(Cl)cc1NCCC(=O)N1CCC(CN)C1.Cl.Cl. The van der Waals surface area contributed by atoms with Gasteiger partial charge in [-0.1, -0.05) is 11.6 Å². The summed E-state index contributed by atoms with van der Waals surface area (Å²) in [6.07, 6.45) is 1.46. The molecule has 1 heterocycles. The van der Waals surface area contributed by atoms with Crippen molar-refractivity contribution in [1.82, 2.24) is 4.90 Å². The van der Waals surface area contributed by atoms with Gasteiger partial charge in [0.1, 0.15) is 5.75 Å². The highest BCUT2D eigenvalue weighted by molar-refractivity contribution is 6.30. The van der Waals surface area contributed by atoms with Crippen molar-refractivity contribution < 1.29 is 9.53 Å². The molecule has 132 valence electrons. The van der Waals surface area contributed by atoms with Gasteiger partial charge < -0.3 is 20.7 Å². The maximum atomic E-state index is 12.1. The summed E-state index contributed by atoms with van der Waals surface area (Å²) in [7, 11) is 1.61. The Bertz CT molecular complexity index is 503. The van der Waals surface area contributed by atoms with Gasteiger partial charge in [-0.15, -0.1) is 24.8 Å². The summed E-state index contributed by atoms with van der Waals surface area (Å²) in [5.41, 5.74) is 6.45. The molecule has 0 aliphatic carbocycles. The summed E-state index contributed by atoms with van der Waals surface area (Å²) in [6, 6.07) is 5.37. The number of ether oxygens (including phenoxy) is 1. The van der Waals surface area contributed by atoms with Gasteiger partial charge in [-0.05, 0) is 37.1 Å². The largest absolute Gasteiger partial charge is 0.495 e.